The van der Waals surface area contributed by atoms with Gasteiger partial charge in [0.15, 0.2) is 0 Å². The van der Waals surface area contributed by atoms with Crippen molar-refractivity contribution in [1.29, 1.82) is 5.26 Å². The molecule has 4 nitrogen and oxygen atoms in total. The number of hydrogen-bond acceptors (Lipinski definition) is 3. The van der Waals surface area contributed by atoms with E-state index in [4.69, 9.17) is 15.2 Å². The minimum atomic E-state index is 0.613. The van der Waals surface area contributed by atoms with Crippen molar-refractivity contribution in [3.05, 3.63) is 95.8 Å². The Balaban J connectivity index is 1.73. The van der Waals surface area contributed by atoms with E-state index in [0.717, 1.165) is 38.8 Å². The summed E-state index contributed by atoms with van der Waals surface area (Å²) in [7, 11) is 2.03. The third-order valence-corrected chi connectivity index (χ3v) is 5.06. The maximum atomic E-state index is 8.98. The molecular formula is C26H16N4. The quantitative estimate of drug-likeness (QED) is 0.380. The van der Waals surface area contributed by atoms with E-state index in [9.17, 15) is 0 Å². The van der Waals surface area contributed by atoms with Crippen LogP contribution in [0.2, 0.25) is 0 Å². The van der Waals surface area contributed by atoms with Crippen LogP contribution in [0.4, 0.5) is 0 Å². The number of nitriles is 1. The SMILES string of the molecule is Cn1cc(-c2nc3ccccc3nc2C#Cc2ccc(C#N)cc2)c2ccccc21. The first-order valence-corrected chi connectivity index (χ1v) is 9.56. The molecule has 5 rings (SSSR count). The summed E-state index contributed by atoms with van der Waals surface area (Å²) in [5.74, 6) is 6.39. The summed E-state index contributed by atoms with van der Waals surface area (Å²) in [4.78, 5) is 9.75. The summed E-state index contributed by atoms with van der Waals surface area (Å²) in [6, 6.07) is 25.4. The molecule has 0 saturated heterocycles. The van der Waals surface area contributed by atoms with Gasteiger partial charge in [-0.25, -0.2) is 9.97 Å². The Kier molecular flexibility index (Phi) is 4.24. The average molecular weight is 384 g/mol. The van der Waals surface area contributed by atoms with Gasteiger partial charge >= 0.3 is 0 Å². The van der Waals surface area contributed by atoms with Crippen molar-refractivity contribution in [2.45, 2.75) is 0 Å². The first kappa shape index (κ1) is 17.7. The normalized spacial score (nSPS) is 10.5. The molecule has 140 valence electrons. The van der Waals surface area contributed by atoms with Crippen LogP contribution in [0.25, 0.3) is 33.2 Å². The van der Waals surface area contributed by atoms with Gasteiger partial charge in [0.25, 0.3) is 0 Å². The number of aromatic nitrogens is 3. The average Bonchev–Trinajstić information content (AvgIpc) is 3.14. The Morgan fingerprint density at radius 1 is 0.767 bits per heavy atom. The summed E-state index contributed by atoms with van der Waals surface area (Å²) in [6.07, 6.45) is 2.08. The predicted molar refractivity (Wildman–Crippen MR) is 119 cm³/mol. The molecule has 0 spiro atoms. The largest absolute Gasteiger partial charge is 0.350 e. The Bertz CT molecular complexity index is 1510. The Labute approximate surface area is 174 Å². The van der Waals surface area contributed by atoms with E-state index in [-0.39, 0.29) is 0 Å². The van der Waals surface area contributed by atoms with Gasteiger partial charge in [-0.15, -0.1) is 0 Å². The number of rotatable bonds is 1. The zero-order chi connectivity index (χ0) is 20.5. The minimum absolute atomic E-state index is 0.613. The lowest BCUT2D eigenvalue weighted by Gasteiger charge is -2.05. The number of aryl methyl sites for hydroxylation is 1. The Morgan fingerprint density at radius 3 is 2.20 bits per heavy atom. The number of fused-ring (bicyclic) bond motifs is 2. The first-order chi connectivity index (χ1) is 14.7. The van der Waals surface area contributed by atoms with Crippen molar-refractivity contribution in [3.63, 3.8) is 0 Å². The summed E-state index contributed by atoms with van der Waals surface area (Å²) >= 11 is 0. The highest BCUT2D eigenvalue weighted by Gasteiger charge is 2.15. The molecule has 0 aliphatic carbocycles. The van der Waals surface area contributed by atoms with Gasteiger partial charge in [-0.2, -0.15) is 5.26 Å². The van der Waals surface area contributed by atoms with Crippen LogP contribution in [-0.2, 0) is 7.05 Å². The summed E-state index contributed by atoms with van der Waals surface area (Å²) in [6.45, 7) is 0. The van der Waals surface area contributed by atoms with Gasteiger partial charge in [-0.05, 0) is 48.4 Å². The lowest BCUT2D eigenvalue weighted by molar-refractivity contribution is 0.969. The topological polar surface area (TPSA) is 54.5 Å². The molecule has 0 fully saturated rings. The number of nitrogens with zero attached hydrogens (tertiary/aromatic N) is 4. The number of hydrogen-bond donors (Lipinski definition) is 0. The molecule has 0 aliphatic rings. The fraction of sp³-hybridized carbons (Fsp3) is 0.0385. The lowest BCUT2D eigenvalue weighted by Crippen LogP contribution is -1.95. The van der Waals surface area contributed by atoms with Crippen LogP contribution in [0.1, 0.15) is 16.8 Å². The van der Waals surface area contributed by atoms with Crippen LogP contribution in [0.3, 0.4) is 0 Å². The summed E-state index contributed by atoms with van der Waals surface area (Å²) in [5.41, 5.74) is 6.63. The lowest BCUT2D eigenvalue weighted by atomic mass is 10.1. The highest BCUT2D eigenvalue weighted by Crippen LogP contribution is 2.31. The highest BCUT2D eigenvalue weighted by atomic mass is 14.9. The molecular weight excluding hydrogens is 368 g/mol. The first-order valence-electron chi connectivity index (χ1n) is 9.56. The van der Waals surface area contributed by atoms with E-state index in [2.05, 4.69) is 40.8 Å². The zero-order valence-corrected chi connectivity index (χ0v) is 16.3. The molecule has 0 unspecified atom stereocenters. The predicted octanol–water partition coefficient (Wildman–Crippen LogP) is 5.06. The molecule has 30 heavy (non-hydrogen) atoms. The molecule has 0 saturated carbocycles. The van der Waals surface area contributed by atoms with Gasteiger partial charge in [0, 0.05) is 35.3 Å². The standard InChI is InChI=1S/C26H16N4/c1-30-17-21(20-6-2-5-9-25(20)30)26-24(28-22-7-3-4-8-23(22)29-26)15-14-18-10-12-19(16-27)13-11-18/h2-13,17H,1H3. The molecule has 3 aromatic carbocycles. The fourth-order valence-electron chi connectivity index (χ4n) is 3.56. The third kappa shape index (κ3) is 3.07. The highest BCUT2D eigenvalue weighted by molar-refractivity contribution is 5.97. The molecule has 4 heteroatoms. The van der Waals surface area contributed by atoms with Crippen LogP contribution in [-0.4, -0.2) is 14.5 Å². The van der Waals surface area contributed by atoms with Gasteiger partial charge in [0.1, 0.15) is 11.4 Å². The van der Waals surface area contributed by atoms with Crippen molar-refractivity contribution in [2.24, 2.45) is 7.05 Å². The van der Waals surface area contributed by atoms with Crippen molar-refractivity contribution < 1.29 is 0 Å². The number of para-hydroxylation sites is 3. The smallest absolute Gasteiger partial charge is 0.140 e. The summed E-state index contributed by atoms with van der Waals surface area (Å²) in [5, 5.41) is 10.1. The van der Waals surface area contributed by atoms with Crippen LogP contribution >= 0.6 is 0 Å². The molecule has 0 amide bonds. The molecule has 2 aromatic heterocycles. The second-order valence-corrected chi connectivity index (χ2v) is 7.02. The monoisotopic (exact) mass is 384 g/mol. The molecule has 0 aliphatic heterocycles. The van der Waals surface area contributed by atoms with Crippen LogP contribution < -0.4 is 0 Å². The van der Waals surface area contributed by atoms with E-state index in [1.807, 2.05) is 55.6 Å². The van der Waals surface area contributed by atoms with Crippen LogP contribution in [0, 0.1) is 23.2 Å². The molecule has 0 bridgehead atoms. The maximum Gasteiger partial charge on any atom is 0.140 e. The van der Waals surface area contributed by atoms with E-state index in [1.165, 1.54) is 0 Å². The molecule has 5 aromatic rings. The van der Waals surface area contributed by atoms with E-state index in [1.54, 1.807) is 12.1 Å². The van der Waals surface area contributed by atoms with Gasteiger partial charge in [-0.1, -0.05) is 36.3 Å². The van der Waals surface area contributed by atoms with Gasteiger partial charge in [0.2, 0.25) is 0 Å². The fourth-order valence-corrected chi connectivity index (χ4v) is 3.56. The summed E-state index contributed by atoms with van der Waals surface area (Å²) < 4.78 is 2.10. The van der Waals surface area contributed by atoms with Crippen molar-refractivity contribution in [1.82, 2.24) is 14.5 Å². The van der Waals surface area contributed by atoms with Crippen LogP contribution in [0.5, 0.6) is 0 Å². The van der Waals surface area contributed by atoms with E-state index < -0.39 is 0 Å². The third-order valence-electron chi connectivity index (χ3n) is 5.06. The molecule has 0 N–H and O–H groups in total. The van der Waals surface area contributed by atoms with Crippen molar-refractivity contribution in [3.8, 4) is 29.2 Å². The minimum Gasteiger partial charge on any atom is -0.350 e. The van der Waals surface area contributed by atoms with Gasteiger partial charge < -0.3 is 4.57 Å². The van der Waals surface area contributed by atoms with Gasteiger partial charge in [-0.3, -0.25) is 0 Å². The van der Waals surface area contributed by atoms with E-state index >= 15 is 0 Å². The Hall–Kier alpha value is -4.41. The molecule has 0 atom stereocenters. The van der Waals surface area contributed by atoms with Gasteiger partial charge in [0.05, 0.1) is 22.7 Å². The van der Waals surface area contributed by atoms with Crippen molar-refractivity contribution >= 4 is 21.9 Å². The second kappa shape index (κ2) is 7.20. The van der Waals surface area contributed by atoms with Crippen LogP contribution in [0.15, 0.2) is 79.0 Å². The molecule has 0 radical (unpaired) electrons. The van der Waals surface area contributed by atoms with E-state index in [0.29, 0.717) is 11.3 Å². The Morgan fingerprint density at radius 2 is 1.43 bits per heavy atom. The maximum absolute atomic E-state index is 8.98. The van der Waals surface area contributed by atoms with Crippen molar-refractivity contribution in [2.75, 3.05) is 0 Å². The molecule has 2 heterocycles. The number of benzene rings is 3. The second-order valence-electron chi connectivity index (χ2n) is 7.02. The zero-order valence-electron chi connectivity index (χ0n) is 16.3.